The van der Waals surface area contributed by atoms with E-state index in [2.05, 4.69) is 12.1 Å². The van der Waals surface area contributed by atoms with Gasteiger partial charge in [0.05, 0.1) is 11.6 Å². The first kappa shape index (κ1) is 32.8. The molecule has 0 aromatic heterocycles. The molecule has 0 spiro atoms. The Bertz CT molecular complexity index is 1090. The summed E-state index contributed by atoms with van der Waals surface area (Å²) in [7, 11) is 1.59. The molecule has 1 aromatic rings. The van der Waals surface area contributed by atoms with Crippen LogP contribution in [0.15, 0.2) is 30.3 Å². The van der Waals surface area contributed by atoms with Gasteiger partial charge in [0.25, 0.3) is 0 Å². The molecule has 8 nitrogen and oxygen atoms in total. The van der Waals surface area contributed by atoms with Crippen LogP contribution in [0.2, 0.25) is 0 Å². The highest BCUT2D eigenvalue weighted by atomic mass is 16.6. The number of ketones is 2. The highest BCUT2D eigenvalue weighted by Crippen LogP contribution is 2.42. The molecule has 0 N–H and O–H groups in total. The Balaban J connectivity index is 1.96. The van der Waals surface area contributed by atoms with E-state index < -0.39 is 53.2 Å². The fourth-order valence-corrected chi connectivity index (χ4v) is 6.71. The van der Waals surface area contributed by atoms with Crippen molar-refractivity contribution in [2.75, 3.05) is 13.7 Å². The summed E-state index contributed by atoms with van der Waals surface area (Å²) < 4.78 is 17.9. The van der Waals surface area contributed by atoms with Crippen LogP contribution in [-0.4, -0.2) is 65.5 Å². The van der Waals surface area contributed by atoms with Crippen LogP contribution < -0.4 is 0 Å². The highest BCUT2D eigenvalue weighted by molar-refractivity contribution is 5.98. The SMILES string of the molecule is CC[C@H]1OC(=O)[C@H](C)C(=O)C[C@@H](C)[C@](C)(OC)C[C@@H](C)C(=O)[C@H](C)[C@H]2N(CCCCc3ccccc3)C(=O)O[C@]12C. The Labute approximate surface area is 245 Å². The van der Waals surface area contributed by atoms with Gasteiger partial charge in [-0.05, 0) is 64.4 Å². The zero-order valence-electron chi connectivity index (χ0n) is 26.1. The fourth-order valence-electron chi connectivity index (χ4n) is 6.71. The van der Waals surface area contributed by atoms with Gasteiger partial charge in [-0.1, -0.05) is 58.0 Å². The van der Waals surface area contributed by atoms with Crippen molar-refractivity contribution in [3.8, 4) is 0 Å². The molecule has 3 rings (SSSR count). The van der Waals surface area contributed by atoms with E-state index in [1.54, 1.807) is 25.9 Å². The number of cyclic esters (lactones) is 1. The fraction of sp³-hybridized carbons (Fsp3) is 0.697. The normalized spacial score (nSPS) is 35.5. The number of Topliss-reactive ketones (excluding diaryl/α,β-unsaturated/α-hetero) is 2. The van der Waals surface area contributed by atoms with E-state index in [1.807, 2.05) is 52.8 Å². The van der Waals surface area contributed by atoms with E-state index in [0.717, 1.165) is 19.3 Å². The molecule has 228 valence electrons. The number of benzene rings is 1. The minimum Gasteiger partial charge on any atom is -0.458 e. The summed E-state index contributed by atoms with van der Waals surface area (Å²) >= 11 is 0. The Morgan fingerprint density at radius 1 is 1.00 bits per heavy atom. The third-order valence-corrected chi connectivity index (χ3v) is 9.66. The first-order valence-corrected chi connectivity index (χ1v) is 15.1. The van der Waals surface area contributed by atoms with Crippen molar-refractivity contribution in [1.82, 2.24) is 4.90 Å². The van der Waals surface area contributed by atoms with Gasteiger partial charge in [0, 0.05) is 31.9 Å². The number of rotatable bonds is 7. The van der Waals surface area contributed by atoms with Gasteiger partial charge in [0.2, 0.25) is 0 Å². The van der Waals surface area contributed by atoms with Crippen LogP contribution in [0.1, 0.15) is 86.1 Å². The molecule has 41 heavy (non-hydrogen) atoms. The number of amides is 1. The second-order valence-corrected chi connectivity index (χ2v) is 12.6. The van der Waals surface area contributed by atoms with E-state index >= 15 is 0 Å². The van der Waals surface area contributed by atoms with E-state index in [1.165, 1.54) is 5.56 Å². The van der Waals surface area contributed by atoms with Gasteiger partial charge in [-0.25, -0.2) is 4.79 Å². The second-order valence-electron chi connectivity index (χ2n) is 12.6. The summed E-state index contributed by atoms with van der Waals surface area (Å²) in [5, 5.41) is 0. The van der Waals surface area contributed by atoms with Gasteiger partial charge in [-0.3, -0.25) is 14.4 Å². The molecule has 2 heterocycles. The minimum atomic E-state index is -1.26. The number of esters is 1. The van der Waals surface area contributed by atoms with E-state index in [9.17, 15) is 19.2 Å². The highest BCUT2D eigenvalue weighted by Gasteiger charge is 2.59. The van der Waals surface area contributed by atoms with Crippen LogP contribution >= 0.6 is 0 Å². The molecule has 0 aliphatic carbocycles. The number of carbonyl (C=O) groups is 4. The van der Waals surface area contributed by atoms with Gasteiger partial charge in [-0.2, -0.15) is 0 Å². The number of nitrogens with zero attached hydrogens (tertiary/aromatic N) is 1. The van der Waals surface area contributed by atoms with Crippen molar-refractivity contribution in [1.29, 1.82) is 0 Å². The molecule has 0 bridgehead atoms. The molecule has 0 radical (unpaired) electrons. The molecule has 2 fully saturated rings. The average Bonchev–Trinajstić information content (AvgIpc) is 3.21. The summed E-state index contributed by atoms with van der Waals surface area (Å²) in [6.07, 6.45) is 2.05. The molecule has 2 aliphatic heterocycles. The lowest BCUT2D eigenvalue weighted by atomic mass is 9.73. The Hall–Kier alpha value is -2.74. The number of ether oxygens (including phenoxy) is 3. The molecule has 1 amide bonds. The summed E-state index contributed by atoms with van der Waals surface area (Å²) in [5.74, 6) is -3.07. The lowest BCUT2D eigenvalue weighted by molar-refractivity contribution is -0.171. The molecular weight excluding hydrogens is 522 g/mol. The third kappa shape index (κ3) is 7.02. The van der Waals surface area contributed by atoms with Crippen molar-refractivity contribution in [2.24, 2.45) is 23.7 Å². The first-order chi connectivity index (χ1) is 19.3. The summed E-state index contributed by atoms with van der Waals surface area (Å²) in [6, 6.07) is 9.54. The molecule has 0 unspecified atom stereocenters. The summed E-state index contributed by atoms with van der Waals surface area (Å²) in [6.45, 7) is 13.2. The molecule has 2 aliphatic rings. The van der Waals surface area contributed by atoms with Crippen molar-refractivity contribution in [3.63, 3.8) is 0 Å². The molecule has 2 saturated heterocycles. The van der Waals surface area contributed by atoms with Gasteiger partial charge >= 0.3 is 12.1 Å². The monoisotopic (exact) mass is 571 g/mol. The number of hydrogen-bond donors (Lipinski definition) is 0. The van der Waals surface area contributed by atoms with Gasteiger partial charge in [0.15, 0.2) is 5.60 Å². The lowest BCUT2D eigenvalue weighted by Crippen LogP contribution is -2.58. The summed E-state index contributed by atoms with van der Waals surface area (Å²) in [5.41, 5.74) is -0.790. The number of hydrogen-bond acceptors (Lipinski definition) is 7. The van der Waals surface area contributed by atoms with Gasteiger partial charge < -0.3 is 19.1 Å². The molecule has 8 atom stereocenters. The van der Waals surface area contributed by atoms with Crippen molar-refractivity contribution >= 4 is 23.6 Å². The van der Waals surface area contributed by atoms with Crippen LogP contribution in [0, 0.1) is 23.7 Å². The smallest absolute Gasteiger partial charge is 0.410 e. The largest absolute Gasteiger partial charge is 0.458 e. The van der Waals surface area contributed by atoms with Crippen molar-refractivity contribution in [2.45, 2.75) is 110 Å². The second kappa shape index (κ2) is 13.5. The molecule has 8 heteroatoms. The first-order valence-electron chi connectivity index (χ1n) is 15.1. The van der Waals surface area contributed by atoms with E-state index in [4.69, 9.17) is 14.2 Å². The van der Waals surface area contributed by atoms with Crippen LogP contribution in [-0.2, 0) is 35.0 Å². The van der Waals surface area contributed by atoms with Crippen molar-refractivity contribution in [3.05, 3.63) is 35.9 Å². The predicted octanol–water partition coefficient (Wildman–Crippen LogP) is 5.79. The Morgan fingerprint density at radius 3 is 2.27 bits per heavy atom. The van der Waals surface area contributed by atoms with Gasteiger partial charge in [-0.15, -0.1) is 0 Å². The average molecular weight is 572 g/mol. The minimum absolute atomic E-state index is 0.0118. The van der Waals surface area contributed by atoms with E-state index in [0.29, 0.717) is 19.4 Å². The van der Waals surface area contributed by atoms with E-state index in [-0.39, 0.29) is 23.9 Å². The third-order valence-electron chi connectivity index (χ3n) is 9.66. The Morgan fingerprint density at radius 2 is 1.66 bits per heavy atom. The topological polar surface area (TPSA) is 99.2 Å². The zero-order chi connectivity index (χ0) is 30.5. The van der Waals surface area contributed by atoms with Crippen LogP contribution in [0.25, 0.3) is 0 Å². The maximum Gasteiger partial charge on any atom is 0.410 e. The predicted molar refractivity (Wildman–Crippen MR) is 156 cm³/mol. The number of fused-ring (bicyclic) bond motifs is 1. The van der Waals surface area contributed by atoms with Gasteiger partial charge in [0.1, 0.15) is 23.6 Å². The maximum atomic E-state index is 14.0. The lowest BCUT2D eigenvalue weighted by Gasteiger charge is -2.42. The molecule has 1 aromatic carbocycles. The molecular formula is C33H49NO7. The van der Waals surface area contributed by atoms with Crippen LogP contribution in [0.4, 0.5) is 4.79 Å². The van der Waals surface area contributed by atoms with Crippen LogP contribution in [0.3, 0.4) is 0 Å². The number of aryl methyl sites for hydroxylation is 1. The number of unbranched alkanes of at least 4 members (excludes halogenated alkanes) is 1. The number of carbonyl (C=O) groups excluding carboxylic acids is 4. The quantitative estimate of drug-likeness (QED) is 0.232. The Kier molecular flexibility index (Phi) is 10.8. The maximum absolute atomic E-state index is 14.0. The molecule has 0 saturated carbocycles. The summed E-state index contributed by atoms with van der Waals surface area (Å²) in [4.78, 5) is 55.5. The van der Waals surface area contributed by atoms with Crippen LogP contribution in [0.5, 0.6) is 0 Å². The number of methoxy groups -OCH3 is 1. The zero-order valence-corrected chi connectivity index (χ0v) is 26.1. The standard InChI is InChI=1S/C33H49NO7/c1-9-27-33(7)29(34(31(38)41-33)18-14-13-17-25-15-11-10-12-16-25)24(5)28(36)21(2)20-32(6,39-8)22(3)19-26(35)23(4)30(37)40-27/h10-12,15-16,21-24,27,29H,9,13-14,17-20H2,1-8H3/t21-,22-,23-,24+,27-,29-,32-,33-/m1/s1. The van der Waals surface area contributed by atoms with Crippen molar-refractivity contribution < 1.29 is 33.4 Å².